The first-order valence-electron chi connectivity index (χ1n) is 9.65. The summed E-state index contributed by atoms with van der Waals surface area (Å²) < 4.78 is 12.9. The molecule has 1 aliphatic heterocycles. The molecule has 8 heteroatoms. The molecule has 4 rings (SSSR count). The Hall–Kier alpha value is -3.39. The molecule has 2 N–H and O–H groups in total. The van der Waals surface area contributed by atoms with Crippen molar-refractivity contribution < 1.29 is 13.9 Å². The number of aromatic nitrogens is 2. The lowest BCUT2D eigenvalue weighted by Crippen LogP contribution is -2.45. The van der Waals surface area contributed by atoms with E-state index >= 15 is 0 Å². The van der Waals surface area contributed by atoms with Gasteiger partial charge in [0.15, 0.2) is 10.9 Å². The molecule has 0 bridgehead atoms. The number of carbonyl (C=O) groups excluding carboxylic acids is 1. The lowest BCUT2D eigenvalue weighted by Gasteiger charge is -2.29. The minimum atomic E-state index is -0.532. The van der Waals surface area contributed by atoms with Crippen molar-refractivity contribution in [2.45, 2.75) is 26.8 Å². The summed E-state index contributed by atoms with van der Waals surface area (Å²) in [4.78, 5) is 12.8. The number of rotatable bonds is 5. The number of nitrogens with zero attached hydrogens (tertiary/aromatic N) is 2. The number of para-hydroxylation sites is 1. The molecule has 1 atom stereocenters. The van der Waals surface area contributed by atoms with E-state index in [2.05, 4.69) is 10.6 Å². The van der Waals surface area contributed by atoms with Crippen molar-refractivity contribution in [1.29, 1.82) is 0 Å². The van der Waals surface area contributed by atoms with E-state index in [1.807, 2.05) is 62.5 Å². The van der Waals surface area contributed by atoms with Gasteiger partial charge in [0.25, 0.3) is 0 Å². The number of hydrogen-bond acceptors (Lipinski definition) is 5. The maximum Gasteiger partial charge on any atom is 0.338 e. The minimum absolute atomic E-state index is 0.278. The SMILES string of the molecule is CCOC(=O)C1=C(C)NC(=S)NC1c1cn(-c2ccccc2)nc1-c1ccc(C)o1. The van der Waals surface area contributed by atoms with Gasteiger partial charge in [-0.15, -0.1) is 0 Å². The van der Waals surface area contributed by atoms with E-state index in [1.54, 1.807) is 11.6 Å². The zero-order valence-corrected chi connectivity index (χ0v) is 17.7. The Labute approximate surface area is 179 Å². The number of carbonyl (C=O) groups is 1. The summed E-state index contributed by atoms with van der Waals surface area (Å²) in [6, 6.07) is 13.0. The highest BCUT2D eigenvalue weighted by molar-refractivity contribution is 7.80. The molecule has 1 unspecified atom stereocenters. The topological polar surface area (TPSA) is 81.3 Å². The Kier molecular flexibility index (Phi) is 5.41. The normalized spacial score (nSPS) is 16.2. The molecule has 154 valence electrons. The van der Waals surface area contributed by atoms with Gasteiger partial charge in [0.05, 0.1) is 23.9 Å². The summed E-state index contributed by atoms with van der Waals surface area (Å²) in [6.07, 6.45) is 1.89. The minimum Gasteiger partial charge on any atom is -0.463 e. The Morgan fingerprint density at radius 3 is 2.67 bits per heavy atom. The number of furan rings is 1. The molecule has 2 aromatic heterocycles. The number of ether oxygens (including phenoxy) is 1. The van der Waals surface area contributed by atoms with Crippen molar-refractivity contribution in [3.63, 3.8) is 0 Å². The molecule has 0 amide bonds. The van der Waals surface area contributed by atoms with Gasteiger partial charge in [0.1, 0.15) is 11.5 Å². The average Bonchev–Trinajstić information content (AvgIpc) is 3.34. The predicted molar refractivity (Wildman–Crippen MR) is 117 cm³/mol. The molecule has 0 saturated heterocycles. The summed E-state index contributed by atoms with van der Waals surface area (Å²) in [7, 11) is 0. The van der Waals surface area contributed by atoms with E-state index in [0.717, 1.165) is 17.0 Å². The van der Waals surface area contributed by atoms with Crippen LogP contribution in [0.4, 0.5) is 0 Å². The van der Waals surface area contributed by atoms with Gasteiger partial charge in [0, 0.05) is 17.5 Å². The van der Waals surface area contributed by atoms with Gasteiger partial charge in [-0.1, -0.05) is 18.2 Å². The highest BCUT2D eigenvalue weighted by Gasteiger charge is 2.34. The van der Waals surface area contributed by atoms with Crippen molar-refractivity contribution in [3.05, 3.63) is 71.3 Å². The maximum atomic E-state index is 12.8. The van der Waals surface area contributed by atoms with Crippen LogP contribution in [0, 0.1) is 6.92 Å². The molecular formula is C22H22N4O3S. The quantitative estimate of drug-likeness (QED) is 0.478. The second-order valence-electron chi connectivity index (χ2n) is 6.91. The molecule has 1 aliphatic rings. The van der Waals surface area contributed by atoms with Crippen molar-refractivity contribution in [1.82, 2.24) is 20.4 Å². The van der Waals surface area contributed by atoms with E-state index in [9.17, 15) is 4.79 Å². The number of nitrogens with one attached hydrogen (secondary N) is 2. The summed E-state index contributed by atoms with van der Waals surface area (Å²) in [5.74, 6) is 0.983. The molecule has 0 saturated carbocycles. The van der Waals surface area contributed by atoms with Crippen molar-refractivity contribution in [2.24, 2.45) is 0 Å². The lowest BCUT2D eigenvalue weighted by molar-refractivity contribution is -0.139. The number of hydrogen-bond donors (Lipinski definition) is 2. The number of allylic oxidation sites excluding steroid dienone is 1. The van der Waals surface area contributed by atoms with Gasteiger partial charge >= 0.3 is 5.97 Å². The van der Waals surface area contributed by atoms with E-state index in [-0.39, 0.29) is 6.61 Å². The molecule has 7 nitrogen and oxygen atoms in total. The largest absolute Gasteiger partial charge is 0.463 e. The first-order chi connectivity index (χ1) is 14.5. The van der Waals surface area contributed by atoms with Gasteiger partial charge in [-0.2, -0.15) is 5.10 Å². The number of aryl methyl sites for hydroxylation is 1. The van der Waals surface area contributed by atoms with Crippen LogP contribution in [0.3, 0.4) is 0 Å². The molecular weight excluding hydrogens is 400 g/mol. The van der Waals surface area contributed by atoms with E-state index in [1.165, 1.54) is 0 Å². The first-order valence-corrected chi connectivity index (χ1v) is 10.1. The fraction of sp³-hybridized carbons (Fsp3) is 0.227. The monoisotopic (exact) mass is 422 g/mol. The van der Waals surface area contributed by atoms with E-state index < -0.39 is 12.0 Å². The summed E-state index contributed by atoms with van der Waals surface area (Å²) in [6.45, 7) is 5.75. The Morgan fingerprint density at radius 2 is 2.00 bits per heavy atom. The van der Waals surface area contributed by atoms with Crippen LogP contribution in [0.25, 0.3) is 17.1 Å². The van der Waals surface area contributed by atoms with Gasteiger partial charge < -0.3 is 19.8 Å². The van der Waals surface area contributed by atoms with Crippen molar-refractivity contribution in [2.75, 3.05) is 6.61 Å². The molecule has 0 radical (unpaired) electrons. The predicted octanol–water partition coefficient (Wildman–Crippen LogP) is 3.80. The zero-order chi connectivity index (χ0) is 21.3. The third kappa shape index (κ3) is 3.73. The molecule has 1 aromatic carbocycles. The van der Waals surface area contributed by atoms with Crippen LogP contribution >= 0.6 is 12.2 Å². The first kappa shape index (κ1) is 19.9. The van der Waals surface area contributed by atoms with Gasteiger partial charge in [0.2, 0.25) is 0 Å². The average molecular weight is 423 g/mol. The van der Waals surface area contributed by atoms with Crippen LogP contribution in [-0.2, 0) is 9.53 Å². The standard InChI is InChI=1S/C22H22N4O3S/c1-4-28-21(27)18-14(3)23-22(30)24-20(18)16-12-26(15-8-6-5-7-9-15)25-19(16)17-11-10-13(2)29-17/h5-12,20H,4H2,1-3H3,(H2,23,24,30). The van der Waals surface area contributed by atoms with Crippen LogP contribution in [0.1, 0.15) is 31.2 Å². The van der Waals surface area contributed by atoms with Crippen LogP contribution in [0.5, 0.6) is 0 Å². The smallest absolute Gasteiger partial charge is 0.338 e. The zero-order valence-electron chi connectivity index (χ0n) is 16.9. The second-order valence-corrected chi connectivity index (χ2v) is 7.32. The van der Waals surface area contributed by atoms with Gasteiger partial charge in [-0.25, -0.2) is 9.48 Å². The summed E-state index contributed by atoms with van der Waals surface area (Å²) in [5, 5.41) is 11.4. The van der Waals surface area contributed by atoms with Crippen molar-refractivity contribution in [3.8, 4) is 17.1 Å². The molecule has 0 aliphatic carbocycles. The summed E-state index contributed by atoms with van der Waals surface area (Å²) in [5.41, 5.74) is 3.39. The van der Waals surface area contributed by atoms with Crippen LogP contribution in [0.2, 0.25) is 0 Å². The number of benzene rings is 1. The third-order valence-electron chi connectivity index (χ3n) is 4.81. The van der Waals surface area contributed by atoms with Gasteiger partial charge in [-0.05, 0) is 57.3 Å². The molecule has 0 spiro atoms. The fourth-order valence-corrected chi connectivity index (χ4v) is 3.74. The van der Waals surface area contributed by atoms with E-state index in [4.69, 9.17) is 26.5 Å². The molecule has 30 heavy (non-hydrogen) atoms. The highest BCUT2D eigenvalue weighted by Crippen LogP contribution is 2.35. The van der Waals surface area contributed by atoms with E-state index in [0.29, 0.717) is 27.8 Å². The Balaban J connectivity index is 1.89. The Morgan fingerprint density at radius 1 is 1.23 bits per heavy atom. The fourth-order valence-electron chi connectivity index (χ4n) is 3.47. The van der Waals surface area contributed by atoms with Crippen LogP contribution in [-0.4, -0.2) is 27.5 Å². The highest BCUT2D eigenvalue weighted by atomic mass is 32.1. The Bertz CT molecular complexity index is 1130. The molecule has 3 heterocycles. The number of thiocarbonyl (C=S) groups is 1. The molecule has 3 aromatic rings. The lowest BCUT2D eigenvalue weighted by atomic mass is 9.95. The molecule has 0 fully saturated rings. The van der Waals surface area contributed by atoms with Crippen LogP contribution < -0.4 is 10.6 Å². The van der Waals surface area contributed by atoms with Gasteiger partial charge in [-0.3, -0.25) is 0 Å². The number of esters is 1. The van der Waals surface area contributed by atoms with Crippen molar-refractivity contribution >= 4 is 23.3 Å². The third-order valence-corrected chi connectivity index (χ3v) is 5.03. The maximum absolute atomic E-state index is 12.8. The van der Waals surface area contributed by atoms with Crippen LogP contribution in [0.15, 0.2) is 64.3 Å². The second kappa shape index (κ2) is 8.16. The summed E-state index contributed by atoms with van der Waals surface area (Å²) >= 11 is 5.37.